The molecule has 0 radical (unpaired) electrons. The number of hydrogen-bond donors (Lipinski definition) is 1. The van der Waals surface area contributed by atoms with Gasteiger partial charge < -0.3 is 9.88 Å². The van der Waals surface area contributed by atoms with Gasteiger partial charge in [0.15, 0.2) is 0 Å². The summed E-state index contributed by atoms with van der Waals surface area (Å²) in [7, 11) is 1.16. The summed E-state index contributed by atoms with van der Waals surface area (Å²) in [6, 6.07) is 0. The van der Waals surface area contributed by atoms with Gasteiger partial charge in [-0.3, -0.25) is 0 Å². The third-order valence-corrected chi connectivity index (χ3v) is 43.6. The van der Waals surface area contributed by atoms with E-state index < -0.39 is 8.24 Å². The largest absolute Gasteiger partial charge is 0.323 e. The topological polar surface area (TPSA) is 15.3 Å². The van der Waals surface area contributed by atoms with E-state index in [0.717, 1.165) is 81.2 Å². The highest BCUT2D eigenvalue weighted by Gasteiger charge is 2.37. The lowest BCUT2D eigenvalue weighted by Gasteiger charge is -2.43. The van der Waals surface area contributed by atoms with E-state index in [0.29, 0.717) is 0 Å². The van der Waals surface area contributed by atoms with Crippen LogP contribution in [0, 0.1) is 0 Å². The van der Waals surface area contributed by atoms with E-state index in [1.54, 1.807) is 204 Å². The van der Waals surface area contributed by atoms with Crippen molar-refractivity contribution in [3.63, 3.8) is 0 Å². The van der Waals surface area contributed by atoms with Crippen LogP contribution in [-0.2, 0) is 0 Å². The highest BCUT2D eigenvalue weighted by Crippen LogP contribution is 2.59. The van der Waals surface area contributed by atoms with Crippen LogP contribution in [0.15, 0.2) is 0 Å². The summed E-state index contributed by atoms with van der Waals surface area (Å²) < 4.78 is 3.13. The van der Waals surface area contributed by atoms with Crippen molar-refractivity contribution in [3.05, 3.63) is 0 Å². The molecule has 2 nitrogen and oxygen atoms in total. The van der Waals surface area contributed by atoms with E-state index in [1.807, 2.05) is 0 Å². The summed E-state index contributed by atoms with van der Waals surface area (Å²) in [5, 5.41) is 4.04. The number of unbranched alkanes of at least 4 members (excludes halogenated alkanes) is 2. The van der Waals surface area contributed by atoms with Gasteiger partial charge >= 0.3 is 0 Å². The summed E-state index contributed by atoms with van der Waals surface area (Å²) in [6.07, 6.45) is 87.3. The van der Waals surface area contributed by atoms with Gasteiger partial charge in [0.25, 0.3) is 0 Å². The Morgan fingerprint density at radius 1 is 0.302 bits per heavy atom. The Kier molecular flexibility index (Phi) is 41.6. The fraction of sp³-hybridized carbons (Fsp3) is 1.00. The standard InChI is InChI=1S/C31H61NP2Si.C28H53NP2.C12H23P.C5H10Cl2/c1-35(2,3)32(24-26-33(28-16-8-4-9-17-28)29-18-10-5-11-19-29)25-27-34(30-20-12-6-13-21-30)31-22-14-7-15-23-31;1-5-13-25(14-6-1)30(26-15-7-2-8-16-26)23-21-29-22-24-31(27-17-9-3-10-18-27)28-19-11-4-12-20-28;1-3-7-11(8-4-1)13-12-9-5-2-6-10-12;6-4-2-1-3-5-7/h28-31H,4-27H2,1-3H3;25-29H,1-24H2;11-13H,1-10H2;1-5H2. The zero-order chi connectivity index (χ0) is 60.1. The lowest BCUT2D eigenvalue weighted by molar-refractivity contribution is 0.455. The van der Waals surface area contributed by atoms with Crippen LogP contribution >= 0.6 is 63.5 Å². The van der Waals surface area contributed by atoms with Crippen LogP contribution in [0.5, 0.6) is 0 Å². The first kappa shape index (κ1) is 76.2. The number of nitrogens with zero attached hydrogens (tertiary/aromatic N) is 1. The predicted octanol–water partition coefficient (Wildman–Crippen LogP) is 26.3. The maximum atomic E-state index is 5.39. The maximum absolute atomic E-state index is 5.39. The average molecular weight is 1340 g/mol. The molecule has 0 bridgehead atoms. The molecule has 10 fully saturated rings. The second-order valence-electron chi connectivity index (χ2n) is 31.5. The Morgan fingerprint density at radius 2 is 0.512 bits per heavy atom. The molecule has 0 amide bonds. The molecule has 0 heterocycles. The van der Waals surface area contributed by atoms with E-state index in [9.17, 15) is 0 Å². The Morgan fingerprint density at radius 3 is 0.721 bits per heavy atom. The van der Waals surface area contributed by atoms with Crippen molar-refractivity contribution < 1.29 is 0 Å². The molecular weight excluding hydrogens is 1190 g/mol. The minimum absolute atomic E-state index is 0.259. The molecule has 86 heavy (non-hydrogen) atoms. The molecular formula is C76H147Cl2N2P5Si. The van der Waals surface area contributed by atoms with Crippen LogP contribution in [-0.4, -0.2) is 132 Å². The minimum atomic E-state index is -1.26. The minimum Gasteiger partial charge on any atom is -0.323 e. The second kappa shape index (κ2) is 46.9. The van der Waals surface area contributed by atoms with Gasteiger partial charge in [-0.15, -0.1) is 31.8 Å². The Balaban J connectivity index is 0.000000188. The first-order valence-corrected chi connectivity index (χ1v) is 52.0. The highest BCUT2D eigenvalue weighted by atomic mass is 35.5. The molecule has 0 atom stereocenters. The zero-order valence-electron chi connectivity index (χ0n) is 57.8. The van der Waals surface area contributed by atoms with Crippen molar-refractivity contribution >= 4 is 71.7 Å². The summed E-state index contributed by atoms with van der Waals surface area (Å²) in [5.41, 5.74) is 11.4. The van der Waals surface area contributed by atoms with E-state index in [1.165, 1.54) is 182 Å². The van der Waals surface area contributed by atoms with Gasteiger partial charge in [-0.25, -0.2) is 0 Å². The van der Waals surface area contributed by atoms with Crippen molar-refractivity contribution in [2.45, 2.75) is 417 Å². The van der Waals surface area contributed by atoms with E-state index >= 15 is 0 Å². The van der Waals surface area contributed by atoms with Crippen molar-refractivity contribution in [3.8, 4) is 0 Å². The molecule has 10 aliphatic rings. The zero-order valence-corrected chi connectivity index (χ0v) is 64.9. The number of nitrogens with one attached hydrogen (secondary N) is 1. The van der Waals surface area contributed by atoms with Gasteiger partial charge in [0.2, 0.25) is 0 Å². The molecule has 504 valence electrons. The normalized spacial score (nSPS) is 24.6. The molecule has 0 aromatic rings. The quantitative estimate of drug-likeness (QED) is 0.0382. The summed E-state index contributed by atoms with van der Waals surface area (Å²) in [6.45, 7) is 13.6. The molecule has 10 heteroatoms. The lowest BCUT2D eigenvalue weighted by Crippen LogP contribution is -2.49. The van der Waals surface area contributed by atoms with Crippen molar-refractivity contribution in [2.75, 3.05) is 62.6 Å². The number of rotatable bonds is 27. The van der Waals surface area contributed by atoms with Gasteiger partial charge in [-0.2, -0.15) is 0 Å². The third-order valence-electron chi connectivity index (χ3n) is 24.1. The number of halogens is 2. The fourth-order valence-corrected chi connectivity index (χ4v) is 38.8. The van der Waals surface area contributed by atoms with Crippen LogP contribution in [0.4, 0.5) is 0 Å². The molecule has 0 spiro atoms. The Bertz CT molecular complexity index is 1410. The fourth-order valence-electron chi connectivity index (χ4n) is 19.0. The summed E-state index contributed by atoms with van der Waals surface area (Å²) in [4.78, 5) is 0. The first-order valence-electron chi connectivity index (χ1n) is 39.7. The molecule has 0 aromatic carbocycles. The maximum Gasteiger partial charge on any atom is 0.119 e. The first-order chi connectivity index (χ1) is 42.3. The highest BCUT2D eigenvalue weighted by molar-refractivity contribution is 7.60. The van der Waals surface area contributed by atoms with Crippen molar-refractivity contribution in [1.29, 1.82) is 0 Å². The van der Waals surface area contributed by atoms with Gasteiger partial charge in [0.1, 0.15) is 8.24 Å². The number of hydrogen-bond acceptors (Lipinski definition) is 2. The van der Waals surface area contributed by atoms with Gasteiger partial charge in [-0.05, 0) is 249 Å². The SMILES string of the molecule is C1CCC(P(CCNCCP(C2CCCCC2)C2CCCCC2)C2CCCCC2)CC1.C1CCC(PC2CCCCC2)CC1.C[Si](C)(C)N(CCP(C1CCCCC1)C1CCCCC1)CCP(C1CCCCC1)C1CCCCC1.ClCCCCCCl. The lowest BCUT2D eigenvalue weighted by atomic mass is 9.99. The molecule has 10 rings (SSSR count). The third kappa shape index (κ3) is 29.7. The van der Waals surface area contributed by atoms with Gasteiger partial charge in [0.05, 0.1) is 0 Å². The monoisotopic (exact) mass is 1340 g/mol. The summed E-state index contributed by atoms with van der Waals surface area (Å²) >= 11 is 10.8. The molecule has 1 N–H and O–H groups in total. The van der Waals surface area contributed by atoms with Crippen LogP contribution in [0.3, 0.4) is 0 Å². The van der Waals surface area contributed by atoms with Gasteiger partial charge in [-0.1, -0.05) is 250 Å². The van der Waals surface area contributed by atoms with Gasteiger partial charge in [0, 0.05) is 11.8 Å². The molecule has 0 unspecified atom stereocenters. The molecule has 0 aliphatic heterocycles. The second-order valence-corrected chi connectivity index (χ2v) is 50.9. The molecule has 10 aliphatic carbocycles. The van der Waals surface area contributed by atoms with Crippen LogP contribution in [0.2, 0.25) is 19.6 Å². The van der Waals surface area contributed by atoms with Crippen LogP contribution in [0.1, 0.15) is 340 Å². The number of alkyl halides is 2. The van der Waals surface area contributed by atoms with Crippen LogP contribution < -0.4 is 5.32 Å². The smallest absolute Gasteiger partial charge is 0.119 e. The molecule has 10 saturated carbocycles. The van der Waals surface area contributed by atoms with E-state index in [-0.39, 0.29) is 31.7 Å². The predicted molar refractivity (Wildman–Crippen MR) is 407 cm³/mol. The van der Waals surface area contributed by atoms with E-state index in [4.69, 9.17) is 23.2 Å². The Hall–Kier alpha value is 2.87. The molecule has 0 saturated heterocycles. The Labute approximate surface area is 556 Å². The van der Waals surface area contributed by atoms with E-state index in [2.05, 4.69) is 29.5 Å². The summed E-state index contributed by atoms with van der Waals surface area (Å²) in [5.74, 6) is 1.55. The average Bonchev–Trinajstić information content (AvgIpc) is 3.73. The molecule has 0 aromatic heterocycles. The van der Waals surface area contributed by atoms with Crippen molar-refractivity contribution in [2.24, 2.45) is 0 Å². The van der Waals surface area contributed by atoms with Crippen LogP contribution in [0.25, 0.3) is 0 Å². The van der Waals surface area contributed by atoms with Crippen molar-refractivity contribution in [1.82, 2.24) is 9.88 Å².